The molecule has 0 saturated carbocycles. The van der Waals surface area contributed by atoms with E-state index in [0.29, 0.717) is 5.92 Å². The van der Waals surface area contributed by atoms with Gasteiger partial charge in [0.25, 0.3) is 0 Å². The van der Waals surface area contributed by atoms with Gasteiger partial charge >= 0.3 is 0 Å². The Morgan fingerprint density at radius 1 is 1.29 bits per heavy atom. The van der Waals surface area contributed by atoms with Crippen LogP contribution in [0.3, 0.4) is 0 Å². The van der Waals surface area contributed by atoms with Gasteiger partial charge in [0.15, 0.2) is 0 Å². The zero-order chi connectivity index (χ0) is 12.1. The van der Waals surface area contributed by atoms with Crippen LogP contribution < -0.4 is 5.32 Å². The predicted molar refractivity (Wildman–Crippen MR) is 73.7 cm³/mol. The number of thiazole rings is 1. The molecule has 1 aromatic carbocycles. The standard InChI is InChI=1S/C14H18N2S/c1-11-3-5-12(6-4-11)13(8-15-2)7-14-9-17-10-16-14/h3-6,9-10,13,15H,7-8H2,1-2H3. The summed E-state index contributed by atoms with van der Waals surface area (Å²) in [5, 5.41) is 5.40. The van der Waals surface area contributed by atoms with E-state index in [1.54, 1.807) is 11.3 Å². The van der Waals surface area contributed by atoms with Crippen molar-refractivity contribution in [2.24, 2.45) is 0 Å². The van der Waals surface area contributed by atoms with Crippen LogP contribution in [-0.2, 0) is 6.42 Å². The normalized spacial score (nSPS) is 12.6. The number of hydrogen-bond donors (Lipinski definition) is 1. The van der Waals surface area contributed by atoms with Crippen LogP contribution in [0.1, 0.15) is 22.7 Å². The second kappa shape index (κ2) is 5.94. The zero-order valence-corrected chi connectivity index (χ0v) is 11.1. The zero-order valence-electron chi connectivity index (χ0n) is 10.3. The van der Waals surface area contributed by atoms with Crippen LogP contribution >= 0.6 is 11.3 Å². The van der Waals surface area contributed by atoms with Crippen LogP contribution in [0.5, 0.6) is 0 Å². The lowest BCUT2D eigenvalue weighted by Crippen LogP contribution is -2.19. The second-order valence-electron chi connectivity index (χ2n) is 4.35. The topological polar surface area (TPSA) is 24.9 Å². The van der Waals surface area contributed by atoms with E-state index in [9.17, 15) is 0 Å². The van der Waals surface area contributed by atoms with Crippen molar-refractivity contribution in [3.05, 3.63) is 52.0 Å². The Kier molecular flexibility index (Phi) is 4.29. The van der Waals surface area contributed by atoms with Crippen LogP contribution in [0, 0.1) is 6.92 Å². The summed E-state index contributed by atoms with van der Waals surface area (Å²) in [5.74, 6) is 0.502. The van der Waals surface area contributed by atoms with E-state index < -0.39 is 0 Å². The van der Waals surface area contributed by atoms with Gasteiger partial charge in [-0.15, -0.1) is 11.3 Å². The van der Waals surface area contributed by atoms with Gasteiger partial charge in [-0.3, -0.25) is 0 Å². The summed E-state index contributed by atoms with van der Waals surface area (Å²) in [6.07, 6.45) is 1.01. The van der Waals surface area contributed by atoms with Crippen LogP contribution in [0.2, 0.25) is 0 Å². The molecule has 0 amide bonds. The molecule has 17 heavy (non-hydrogen) atoms. The number of aryl methyl sites for hydroxylation is 1. The number of nitrogens with zero attached hydrogens (tertiary/aromatic N) is 1. The lowest BCUT2D eigenvalue weighted by molar-refractivity contribution is 0.620. The lowest BCUT2D eigenvalue weighted by Gasteiger charge is -2.16. The molecule has 0 aliphatic heterocycles. The Hall–Kier alpha value is -1.19. The molecule has 0 saturated heterocycles. The first-order valence-electron chi connectivity index (χ1n) is 5.88. The highest BCUT2D eigenvalue weighted by atomic mass is 32.1. The van der Waals surface area contributed by atoms with Gasteiger partial charge in [-0.2, -0.15) is 0 Å². The van der Waals surface area contributed by atoms with E-state index >= 15 is 0 Å². The van der Waals surface area contributed by atoms with Gasteiger partial charge in [-0.25, -0.2) is 4.98 Å². The van der Waals surface area contributed by atoms with Gasteiger partial charge in [0, 0.05) is 17.8 Å². The monoisotopic (exact) mass is 246 g/mol. The quantitative estimate of drug-likeness (QED) is 0.877. The van der Waals surface area contributed by atoms with Crippen molar-refractivity contribution in [1.29, 1.82) is 0 Å². The number of hydrogen-bond acceptors (Lipinski definition) is 3. The average Bonchev–Trinajstić information content (AvgIpc) is 2.82. The molecule has 1 heterocycles. The van der Waals surface area contributed by atoms with Gasteiger partial charge in [-0.05, 0) is 26.0 Å². The summed E-state index contributed by atoms with van der Waals surface area (Å²) < 4.78 is 0. The van der Waals surface area contributed by atoms with E-state index in [4.69, 9.17) is 0 Å². The minimum absolute atomic E-state index is 0.502. The number of likely N-dealkylation sites (N-methyl/N-ethyl adjacent to an activating group) is 1. The summed E-state index contributed by atoms with van der Waals surface area (Å²) in [7, 11) is 2.00. The predicted octanol–water partition coefficient (Wildman–Crippen LogP) is 3.00. The minimum atomic E-state index is 0.502. The van der Waals surface area contributed by atoms with Crippen molar-refractivity contribution in [1.82, 2.24) is 10.3 Å². The summed E-state index contributed by atoms with van der Waals surface area (Å²) in [4.78, 5) is 4.37. The van der Waals surface area contributed by atoms with E-state index in [2.05, 4.69) is 46.9 Å². The van der Waals surface area contributed by atoms with Crippen LogP contribution in [0.4, 0.5) is 0 Å². The highest BCUT2D eigenvalue weighted by Gasteiger charge is 2.12. The van der Waals surface area contributed by atoms with Crippen molar-refractivity contribution >= 4 is 11.3 Å². The molecular formula is C14H18N2S. The molecule has 0 aliphatic carbocycles. The number of rotatable bonds is 5. The van der Waals surface area contributed by atoms with Gasteiger partial charge < -0.3 is 5.32 Å². The van der Waals surface area contributed by atoms with Crippen molar-refractivity contribution in [3.63, 3.8) is 0 Å². The van der Waals surface area contributed by atoms with Gasteiger partial charge in [0.1, 0.15) is 0 Å². The maximum absolute atomic E-state index is 4.37. The molecule has 0 fully saturated rings. The second-order valence-corrected chi connectivity index (χ2v) is 5.07. The largest absolute Gasteiger partial charge is 0.319 e. The van der Waals surface area contributed by atoms with Crippen molar-refractivity contribution in [2.75, 3.05) is 13.6 Å². The first-order chi connectivity index (χ1) is 8.29. The molecule has 2 rings (SSSR count). The molecule has 0 radical (unpaired) electrons. The van der Waals surface area contributed by atoms with E-state index in [1.165, 1.54) is 16.8 Å². The van der Waals surface area contributed by atoms with Crippen LogP contribution in [0.25, 0.3) is 0 Å². The van der Waals surface area contributed by atoms with Gasteiger partial charge in [0.05, 0.1) is 11.2 Å². The molecule has 0 aliphatic rings. The molecule has 0 spiro atoms. The molecular weight excluding hydrogens is 228 g/mol. The number of aromatic nitrogens is 1. The first-order valence-corrected chi connectivity index (χ1v) is 6.82. The average molecular weight is 246 g/mol. The first kappa shape index (κ1) is 12.3. The molecule has 3 heteroatoms. The van der Waals surface area contributed by atoms with E-state index in [1.807, 2.05) is 12.6 Å². The minimum Gasteiger partial charge on any atom is -0.319 e. The lowest BCUT2D eigenvalue weighted by atomic mass is 9.94. The van der Waals surface area contributed by atoms with Gasteiger partial charge in [-0.1, -0.05) is 29.8 Å². The molecule has 2 nitrogen and oxygen atoms in total. The fourth-order valence-corrected chi connectivity index (χ4v) is 2.55. The Morgan fingerprint density at radius 2 is 2.06 bits per heavy atom. The molecule has 2 aromatic rings. The Bertz CT molecular complexity index is 434. The summed E-state index contributed by atoms with van der Waals surface area (Å²) in [5.41, 5.74) is 5.79. The summed E-state index contributed by atoms with van der Waals surface area (Å²) in [6, 6.07) is 8.81. The summed E-state index contributed by atoms with van der Waals surface area (Å²) in [6.45, 7) is 3.11. The number of nitrogens with one attached hydrogen (secondary N) is 1. The van der Waals surface area contributed by atoms with Crippen molar-refractivity contribution in [2.45, 2.75) is 19.3 Å². The molecule has 1 N–H and O–H groups in total. The van der Waals surface area contributed by atoms with Crippen LogP contribution in [0.15, 0.2) is 35.2 Å². The SMILES string of the molecule is CNCC(Cc1cscn1)c1ccc(C)cc1. The third-order valence-corrected chi connectivity index (χ3v) is 3.57. The third-order valence-electron chi connectivity index (χ3n) is 2.94. The van der Waals surface area contributed by atoms with E-state index in [-0.39, 0.29) is 0 Å². The fourth-order valence-electron chi connectivity index (χ4n) is 1.98. The van der Waals surface area contributed by atoms with E-state index in [0.717, 1.165) is 13.0 Å². The number of benzene rings is 1. The molecule has 0 bridgehead atoms. The fraction of sp³-hybridized carbons (Fsp3) is 0.357. The smallest absolute Gasteiger partial charge is 0.0794 e. The van der Waals surface area contributed by atoms with Crippen LogP contribution in [-0.4, -0.2) is 18.6 Å². The van der Waals surface area contributed by atoms with Crippen molar-refractivity contribution in [3.8, 4) is 0 Å². The maximum Gasteiger partial charge on any atom is 0.0794 e. The molecule has 90 valence electrons. The Labute approximate surface area is 107 Å². The van der Waals surface area contributed by atoms with Crippen molar-refractivity contribution < 1.29 is 0 Å². The molecule has 1 unspecified atom stereocenters. The Balaban J connectivity index is 2.13. The Morgan fingerprint density at radius 3 is 2.65 bits per heavy atom. The highest BCUT2D eigenvalue weighted by molar-refractivity contribution is 7.07. The van der Waals surface area contributed by atoms with Gasteiger partial charge in [0.2, 0.25) is 0 Å². The molecule has 1 aromatic heterocycles. The third kappa shape index (κ3) is 3.38. The maximum atomic E-state index is 4.37. The highest BCUT2D eigenvalue weighted by Crippen LogP contribution is 2.20. The molecule has 1 atom stereocenters. The summed E-state index contributed by atoms with van der Waals surface area (Å²) >= 11 is 1.67.